The van der Waals surface area contributed by atoms with Crippen LogP contribution in [-0.4, -0.2) is 28.7 Å². The summed E-state index contributed by atoms with van der Waals surface area (Å²) in [6.07, 6.45) is 3.53. The fraction of sp³-hybridized carbons (Fsp3) is 0.636. The van der Waals surface area contributed by atoms with Gasteiger partial charge >= 0.3 is 0 Å². The summed E-state index contributed by atoms with van der Waals surface area (Å²) in [6, 6.07) is 4.43. The average molecular weight is 195 g/mol. The van der Waals surface area contributed by atoms with Crippen molar-refractivity contribution in [3.05, 3.63) is 24.2 Å². The van der Waals surface area contributed by atoms with Crippen LogP contribution in [0, 0.1) is 0 Å². The van der Waals surface area contributed by atoms with Gasteiger partial charge in [0.2, 0.25) is 0 Å². The predicted molar refractivity (Wildman–Crippen MR) is 53.8 cm³/mol. The van der Waals surface area contributed by atoms with Gasteiger partial charge in [-0.05, 0) is 31.9 Å². The zero-order valence-electron chi connectivity index (χ0n) is 8.52. The van der Waals surface area contributed by atoms with Crippen LogP contribution in [0.2, 0.25) is 0 Å². The van der Waals surface area contributed by atoms with Crippen LogP contribution in [0.25, 0.3) is 0 Å². The fourth-order valence-electron chi connectivity index (χ4n) is 1.98. The highest BCUT2D eigenvalue weighted by Crippen LogP contribution is 2.19. The number of aliphatic hydroxyl groups is 1. The Bertz CT molecular complexity index is 271. The molecule has 1 N–H and O–H groups in total. The van der Waals surface area contributed by atoms with E-state index in [0.717, 1.165) is 31.7 Å². The Balaban J connectivity index is 1.95. The Morgan fingerprint density at radius 1 is 1.57 bits per heavy atom. The molecule has 2 atom stereocenters. The molecule has 1 fully saturated rings. The van der Waals surface area contributed by atoms with Crippen molar-refractivity contribution < 1.29 is 9.52 Å². The van der Waals surface area contributed by atoms with Crippen LogP contribution in [0.5, 0.6) is 0 Å². The van der Waals surface area contributed by atoms with Crippen molar-refractivity contribution in [2.75, 3.05) is 6.54 Å². The van der Waals surface area contributed by atoms with Gasteiger partial charge in [-0.2, -0.15) is 0 Å². The number of furan rings is 1. The first kappa shape index (κ1) is 9.74. The normalized spacial score (nSPS) is 29.3. The molecular weight excluding hydrogens is 178 g/mol. The van der Waals surface area contributed by atoms with E-state index in [1.165, 1.54) is 0 Å². The summed E-state index contributed by atoms with van der Waals surface area (Å²) in [5.74, 6) is 0.978. The first-order valence-corrected chi connectivity index (χ1v) is 5.20. The summed E-state index contributed by atoms with van der Waals surface area (Å²) < 4.78 is 5.30. The van der Waals surface area contributed by atoms with Gasteiger partial charge in [-0.15, -0.1) is 0 Å². The van der Waals surface area contributed by atoms with Gasteiger partial charge in [-0.3, -0.25) is 4.90 Å². The summed E-state index contributed by atoms with van der Waals surface area (Å²) in [6.45, 7) is 3.78. The molecule has 1 aliphatic rings. The molecular formula is C11H17NO2. The van der Waals surface area contributed by atoms with Crippen LogP contribution in [-0.2, 0) is 6.54 Å². The number of likely N-dealkylation sites (tertiary alicyclic amines) is 1. The Labute approximate surface area is 84.3 Å². The van der Waals surface area contributed by atoms with Crippen molar-refractivity contribution in [3.8, 4) is 0 Å². The highest BCUT2D eigenvalue weighted by Gasteiger charge is 2.24. The van der Waals surface area contributed by atoms with Crippen molar-refractivity contribution in [1.82, 2.24) is 4.90 Å². The third kappa shape index (κ3) is 2.16. The van der Waals surface area contributed by atoms with E-state index in [9.17, 15) is 5.11 Å². The minimum Gasteiger partial charge on any atom is -0.468 e. The standard InChI is InChI=1S/C11H17NO2/c1-9-4-5-10(13)7-12(9)8-11-3-2-6-14-11/h2-3,6,9-10,13H,4-5,7-8H2,1H3/t9-,10-/m1/s1. The molecule has 14 heavy (non-hydrogen) atoms. The van der Waals surface area contributed by atoms with Crippen molar-refractivity contribution in [2.45, 2.75) is 38.5 Å². The molecule has 3 heteroatoms. The third-order valence-corrected chi connectivity index (χ3v) is 2.93. The van der Waals surface area contributed by atoms with E-state index in [4.69, 9.17) is 4.42 Å². The fourth-order valence-corrected chi connectivity index (χ4v) is 1.98. The van der Waals surface area contributed by atoms with Gasteiger partial charge in [-0.25, -0.2) is 0 Å². The number of nitrogens with zero attached hydrogens (tertiary/aromatic N) is 1. The molecule has 0 radical (unpaired) electrons. The van der Waals surface area contributed by atoms with Gasteiger partial charge in [0.05, 0.1) is 18.9 Å². The Kier molecular flexibility index (Phi) is 2.89. The van der Waals surface area contributed by atoms with Gasteiger partial charge < -0.3 is 9.52 Å². The lowest BCUT2D eigenvalue weighted by Crippen LogP contribution is -2.43. The molecule has 1 aliphatic heterocycles. The number of hydrogen-bond acceptors (Lipinski definition) is 3. The van der Waals surface area contributed by atoms with Gasteiger partial charge in [0.1, 0.15) is 5.76 Å². The molecule has 1 aromatic heterocycles. The maximum Gasteiger partial charge on any atom is 0.117 e. The Hall–Kier alpha value is -0.800. The molecule has 0 spiro atoms. The molecule has 0 bridgehead atoms. The summed E-state index contributed by atoms with van der Waals surface area (Å²) >= 11 is 0. The lowest BCUT2D eigenvalue weighted by molar-refractivity contribution is 0.0329. The predicted octanol–water partition coefficient (Wildman–Crippen LogP) is 1.62. The van der Waals surface area contributed by atoms with Crippen molar-refractivity contribution in [1.29, 1.82) is 0 Å². The highest BCUT2D eigenvalue weighted by molar-refractivity contribution is 4.98. The molecule has 0 amide bonds. The second-order valence-electron chi connectivity index (χ2n) is 4.09. The molecule has 3 nitrogen and oxygen atoms in total. The molecule has 1 aromatic rings. The SMILES string of the molecule is C[C@@H]1CC[C@@H](O)CN1Cc1ccco1. The largest absolute Gasteiger partial charge is 0.468 e. The lowest BCUT2D eigenvalue weighted by atomic mass is 10.0. The van der Waals surface area contributed by atoms with Crippen molar-refractivity contribution >= 4 is 0 Å². The van der Waals surface area contributed by atoms with Crippen LogP contribution in [0.15, 0.2) is 22.8 Å². The van der Waals surface area contributed by atoms with Crippen molar-refractivity contribution in [2.24, 2.45) is 0 Å². The molecule has 0 aliphatic carbocycles. The Morgan fingerprint density at radius 3 is 3.14 bits per heavy atom. The molecule has 0 unspecified atom stereocenters. The van der Waals surface area contributed by atoms with E-state index in [1.807, 2.05) is 12.1 Å². The van der Waals surface area contributed by atoms with Gasteiger partial charge in [0.15, 0.2) is 0 Å². The minimum absolute atomic E-state index is 0.166. The molecule has 2 heterocycles. The minimum atomic E-state index is -0.166. The molecule has 2 rings (SSSR count). The summed E-state index contributed by atoms with van der Waals surface area (Å²) in [5, 5.41) is 9.55. The number of β-amino-alcohol motifs (C(OH)–C–C–N with tert-alkyl or cyclic N) is 1. The summed E-state index contributed by atoms with van der Waals surface area (Å²) in [4.78, 5) is 2.27. The van der Waals surface area contributed by atoms with E-state index < -0.39 is 0 Å². The van der Waals surface area contributed by atoms with E-state index in [1.54, 1.807) is 6.26 Å². The number of hydrogen-bond donors (Lipinski definition) is 1. The first-order valence-electron chi connectivity index (χ1n) is 5.20. The second kappa shape index (κ2) is 4.15. The molecule has 0 saturated carbocycles. The smallest absolute Gasteiger partial charge is 0.117 e. The Morgan fingerprint density at radius 2 is 2.43 bits per heavy atom. The van der Waals surface area contributed by atoms with E-state index in [2.05, 4.69) is 11.8 Å². The third-order valence-electron chi connectivity index (χ3n) is 2.93. The van der Waals surface area contributed by atoms with E-state index >= 15 is 0 Å². The first-order chi connectivity index (χ1) is 6.75. The van der Waals surface area contributed by atoms with Gasteiger partial charge in [-0.1, -0.05) is 0 Å². The number of aliphatic hydroxyl groups excluding tert-OH is 1. The van der Waals surface area contributed by atoms with Crippen LogP contribution in [0.3, 0.4) is 0 Å². The van der Waals surface area contributed by atoms with Crippen LogP contribution in [0.1, 0.15) is 25.5 Å². The molecule has 1 saturated heterocycles. The maximum absolute atomic E-state index is 9.55. The van der Waals surface area contributed by atoms with Crippen molar-refractivity contribution in [3.63, 3.8) is 0 Å². The monoisotopic (exact) mass is 195 g/mol. The van der Waals surface area contributed by atoms with Gasteiger partial charge in [0, 0.05) is 12.6 Å². The summed E-state index contributed by atoms with van der Waals surface area (Å²) in [7, 11) is 0. The lowest BCUT2D eigenvalue weighted by Gasteiger charge is -2.35. The maximum atomic E-state index is 9.55. The van der Waals surface area contributed by atoms with E-state index in [0.29, 0.717) is 6.04 Å². The van der Waals surface area contributed by atoms with Gasteiger partial charge in [0.25, 0.3) is 0 Å². The average Bonchev–Trinajstić information content (AvgIpc) is 2.64. The number of rotatable bonds is 2. The zero-order valence-corrected chi connectivity index (χ0v) is 8.52. The molecule has 78 valence electrons. The van der Waals surface area contributed by atoms with Crippen LogP contribution < -0.4 is 0 Å². The number of piperidine rings is 1. The van der Waals surface area contributed by atoms with E-state index in [-0.39, 0.29) is 6.10 Å². The zero-order chi connectivity index (χ0) is 9.97. The quantitative estimate of drug-likeness (QED) is 0.779. The highest BCUT2D eigenvalue weighted by atomic mass is 16.3. The topological polar surface area (TPSA) is 36.6 Å². The van der Waals surface area contributed by atoms with Crippen LogP contribution in [0.4, 0.5) is 0 Å². The van der Waals surface area contributed by atoms with Crippen LogP contribution >= 0.6 is 0 Å². The second-order valence-corrected chi connectivity index (χ2v) is 4.09. The molecule has 0 aromatic carbocycles. The summed E-state index contributed by atoms with van der Waals surface area (Å²) in [5.41, 5.74) is 0.